The number of allylic oxidation sites excluding steroid dienone is 8. The molecule has 124 valence electrons. The van der Waals surface area contributed by atoms with Gasteiger partial charge in [0.05, 0.1) is 0 Å². The van der Waals surface area contributed by atoms with E-state index in [1.54, 1.807) is 13.0 Å². The minimum absolute atomic E-state index is 0.222. The molecule has 0 aromatic heterocycles. The third-order valence-corrected chi connectivity index (χ3v) is 4.25. The normalized spacial score (nSPS) is 20.5. The summed E-state index contributed by atoms with van der Waals surface area (Å²) in [5.74, 6) is -0.222. The first-order chi connectivity index (χ1) is 11.1. The number of nitrogens with zero attached hydrogens (tertiary/aromatic N) is 2. The molecule has 1 fully saturated rings. The molecule has 3 heteroatoms. The average Bonchev–Trinajstić information content (AvgIpc) is 2.77. The molecular weight excluding hydrogens is 287 g/mol. The Morgan fingerprint density at radius 2 is 1.96 bits per heavy atom. The lowest BCUT2D eigenvalue weighted by molar-refractivity contribution is 0.173. The van der Waals surface area contributed by atoms with E-state index < -0.39 is 0 Å². The van der Waals surface area contributed by atoms with Gasteiger partial charge in [-0.25, -0.2) is 4.39 Å². The molecule has 2 aliphatic rings. The van der Waals surface area contributed by atoms with E-state index in [0.717, 1.165) is 44.8 Å². The summed E-state index contributed by atoms with van der Waals surface area (Å²) < 4.78 is 13.1. The largest absolute Gasteiger partial charge is 0.369 e. The monoisotopic (exact) mass is 314 g/mol. The maximum Gasteiger partial charge on any atom is 0.119 e. The van der Waals surface area contributed by atoms with E-state index >= 15 is 0 Å². The van der Waals surface area contributed by atoms with Crippen molar-refractivity contribution < 1.29 is 4.39 Å². The summed E-state index contributed by atoms with van der Waals surface area (Å²) in [5, 5.41) is 0. The van der Waals surface area contributed by atoms with Crippen LogP contribution in [0.1, 0.15) is 20.3 Å². The molecule has 0 N–H and O–H groups in total. The van der Waals surface area contributed by atoms with Crippen LogP contribution in [0.3, 0.4) is 0 Å². The van der Waals surface area contributed by atoms with Crippen LogP contribution in [0.4, 0.5) is 4.39 Å². The molecule has 0 amide bonds. The van der Waals surface area contributed by atoms with Gasteiger partial charge in [0.15, 0.2) is 0 Å². The van der Waals surface area contributed by atoms with Crippen LogP contribution in [0.25, 0.3) is 0 Å². The molecule has 0 spiro atoms. The van der Waals surface area contributed by atoms with Crippen LogP contribution in [-0.2, 0) is 0 Å². The maximum absolute atomic E-state index is 13.1. The van der Waals surface area contributed by atoms with E-state index in [9.17, 15) is 4.39 Å². The quantitative estimate of drug-likeness (QED) is 0.695. The van der Waals surface area contributed by atoms with Gasteiger partial charge in [-0.2, -0.15) is 0 Å². The van der Waals surface area contributed by atoms with Gasteiger partial charge < -0.3 is 4.90 Å². The van der Waals surface area contributed by atoms with Gasteiger partial charge in [-0.05, 0) is 38.0 Å². The predicted molar refractivity (Wildman–Crippen MR) is 96.8 cm³/mol. The number of piperazine rings is 1. The molecule has 1 heterocycles. The minimum Gasteiger partial charge on any atom is -0.369 e. The molecule has 0 atom stereocenters. The van der Waals surface area contributed by atoms with Gasteiger partial charge in [0.2, 0.25) is 0 Å². The lowest BCUT2D eigenvalue weighted by atomic mass is 10.2. The van der Waals surface area contributed by atoms with Crippen LogP contribution in [0.15, 0.2) is 71.8 Å². The summed E-state index contributed by atoms with van der Waals surface area (Å²) in [4.78, 5) is 4.68. The highest BCUT2D eigenvalue weighted by Gasteiger charge is 2.17. The Bertz CT molecular complexity index is 570. The molecule has 1 aliphatic carbocycles. The number of hydrogen-bond donors (Lipinski definition) is 0. The van der Waals surface area contributed by atoms with Gasteiger partial charge in [0.1, 0.15) is 5.83 Å². The smallest absolute Gasteiger partial charge is 0.119 e. The fourth-order valence-corrected chi connectivity index (χ4v) is 2.70. The van der Waals surface area contributed by atoms with Gasteiger partial charge >= 0.3 is 0 Å². The van der Waals surface area contributed by atoms with Gasteiger partial charge in [-0.1, -0.05) is 42.5 Å². The fraction of sp³-hybridized carbons (Fsp3) is 0.400. The van der Waals surface area contributed by atoms with E-state index in [1.807, 2.05) is 0 Å². The lowest BCUT2D eigenvalue weighted by Gasteiger charge is -2.36. The zero-order valence-corrected chi connectivity index (χ0v) is 14.3. The van der Waals surface area contributed by atoms with E-state index in [2.05, 4.69) is 47.6 Å². The second kappa shape index (κ2) is 8.68. The fourth-order valence-electron chi connectivity index (χ4n) is 2.70. The molecule has 0 radical (unpaired) electrons. The summed E-state index contributed by atoms with van der Waals surface area (Å²) in [6.45, 7) is 12.8. The second-order valence-corrected chi connectivity index (χ2v) is 6.12. The molecule has 0 bridgehead atoms. The standard InChI is InChI=1S/C20H27FN2/c1-4-20(21)11-9-18(3)23-14-12-22(13-15-23)16-19-7-5-6-17(2)8-10-19/h4-5,7-11H,3,6,12-16H2,1-2H3/b11-9-,20-4+. The van der Waals surface area contributed by atoms with Gasteiger partial charge in [-0.15, -0.1) is 0 Å². The summed E-state index contributed by atoms with van der Waals surface area (Å²) >= 11 is 0. The Labute approximate surface area is 139 Å². The van der Waals surface area contributed by atoms with E-state index in [-0.39, 0.29) is 5.83 Å². The zero-order valence-electron chi connectivity index (χ0n) is 14.3. The first kappa shape index (κ1) is 17.5. The SMILES string of the molecule is C=C(/C=C\C(F)=C/C)N1CCN(CC2=CC=C(C)CC=C2)CC1. The van der Waals surface area contributed by atoms with Crippen LogP contribution in [0.2, 0.25) is 0 Å². The van der Waals surface area contributed by atoms with Gasteiger partial charge in [0.25, 0.3) is 0 Å². The highest BCUT2D eigenvalue weighted by atomic mass is 19.1. The van der Waals surface area contributed by atoms with E-state index in [4.69, 9.17) is 0 Å². The molecule has 2 nitrogen and oxygen atoms in total. The van der Waals surface area contributed by atoms with Crippen LogP contribution in [0, 0.1) is 0 Å². The van der Waals surface area contributed by atoms with Crippen molar-refractivity contribution in [2.24, 2.45) is 0 Å². The summed E-state index contributed by atoms with van der Waals surface area (Å²) in [6, 6.07) is 0. The number of halogens is 1. The molecule has 0 unspecified atom stereocenters. The summed E-state index contributed by atoms with van der Waals surface area (Å²) in [6.07, 6.45) is 14.7. The maximum atomic E-state index is 13.1. The van der Waals surface area contributed by atoms with E-state index in [0.29, 0.717) is 0 Å². The molecule has 2 rings (SSSR count). The summed E-state index contributed by atoms with van der Waals surface area (Å²) in [7, 11) is 0. The Balaban J connectivity index is 1.82. The number of rotatable bonds is 5. The summed E-state index contributed by atoms with van der Waals surface area (Å²) in [5.41, 5.74) is 3.65. The second-order valence-electron chi connectivity index (χ2n) is 6.12. The van der Waals surface area contributed by atoms with Crippen LogP contribution >= 0.6 is 0 Å². The Morgan fingerprint density at radius 1 is 1.22 bits per heavy atom. The third kappa shape index (κ3) is 5.68. The number of hydrogen-bond acceptors (Lipinski definition) is 2. The van der Waals surface area contributed by atoms with Crippen molar-refractivity contribution in [3.8, 4) is 0 Å². The van der Waals surface area contributed by atoms with Gasteiger partial charge in [-0.3, -0.25) is 4.90 Å². The minimum atomic E-state index is -0.222. The highest BCUT2D eigenvalue weighted by molar-refractivity contribution is 5.31. The Kier molecular flexibility index (Phi) is 6.60. The molecule has 23 heavy (non-hydrogen) atoms. The Hall–Kier alpha value is -1.87. The van der Waals surface area contributed by atoms with Crippen molar-refractivity contribution in [3.05, 3.63) is 71.8 Å². The van der Waals surface area contributed by atoms with Crippen molar-refractivity contribution >= 4 is 0 Å². The predicted octanol–water partition coefficient (Wildman–Crippen LogP) is 4.38. The van der Waals surface area contributed by atoms with Crippen molar-refractivity contribution in [1.82, 2.24) is 9.80 Å². The molecule has 0 aromatic carbocycles. The molecule has 0 saturated carbocycles. The van der Waals surface area contributed by atoms with E-state index in [1.165, 1.54) is 23.3 Å². The highest BCUT2D eigenvalue weighted by Crippen LogP contribution is 2.15. The zero-order chi connectivity index (χ0) is 16.7. The first-order valence-corrected chi connectivity index (χ1v) is 8.27. The van der Waals surface area contributed by atoms with Gasteiger partial charge in [0, 0.05) is 38.4 Å². The molecule has 1 aliphatic heterocycles. The van der Waals surface area contributed by atoms with Crippen molar-refractivity contribution in [3.63, 3.8) is 0 Å². The van der Waals surface area contributed by atoms with Crippen molar-refractivity contribution in [1.29, 1.82) is 0 Å². The molecule has 1 saturated heterocycles. The van der Waals surface area contributed by atoms with Crippen LogP contribution in [-0.4, -0.2) is 42.5 Å². The van der Waals surface area contributed by atoms with Crippen LogP contribution in [0.5, 0.6) is 0 Å². The Morgan fingerprint density at radius 3 is 2.65 bits per heavy atom. The average molecular weight is 314 g/mol. The van der Waals surface area contributed by atoms with Crippen LogP contribution < -0.4 is 0 Å². The van der Waals surface area contributed by atoms with Crippen molar-refractivity contribution in [2.75, 3.05) is 32.7 Å². The molecule has 0 aromatic rings. The lowest BCUT2D eigenvalue weighted by Crippen LogP contribution is -2.45. The first-order valence-electron chi connectivity index (χ1n) is 8.27. The third-order valence-electron chi connectivity index (χ3n) is 4.25. The molecular formula is C20H27FN2. The topological polar surface area (TPSA) is 6.48 Å². The van der Waals surface area contributed by atoms with Crippen molar-refractivity contribution in [2.45, 2.75) is 20.3 Å².